The predicted molar refractivity (Wildman–Crippen MR) is 91.5 cm³/mol. The van der Waals surface area contributed by atoms with Crippen LogP contribution >= 0.6 is 11.6 Å². The molecule has 0 bridgehead atoms. The highest BCUT2D eigenvalue weighted by molar-refractivity contribution is 7.89. The standard InChI is InChI=1S/C15H14ClN3O6S/c16-11-3-1-2-4-13(11)26(23,24)18-9-7-17(8-10-18)15(20)12-5-6-14(25-12)19(21)22/h1-6H,7-10H2. The summed E-state index contributed by atoms with van der Waals surface area (Å²) < 4.78 is 31.5. The van der Waals surface area contributed by atoms with Gasteiger partial charge in [-0.2, -0.15) is 4.31 Å². The van der Waals surface area contributed by atoms with Crippen LogP contribution in [0.15, 0.2) is 45.7 Å². The van der Waals surface area contributed by atoms with Gasteiger partial charge in [-0.1, -0.05) is 23.7 Å². The van der Waals surface area contributed by atoms with Crippen LogP contribution in [0.2, 0.25) is 5.02 Å². The Morgan fingerprint density at radius 3 is 2.35 bits per heavy atom. The Balaban J connectivity index is 1.70. The zero-order valence-electron chi connectivity index (χ0n) is 13.4. The molecule has 0 spiro atoms. The van der Waals surface area contributed by atoms with E-state index in [1.165, 1.54) is 27.4 Å². The minimum Gasteiger partial charge on any atom is -0.395 e. The van der Waals surface area contributed by atoms with Crippen molar-refractivity contribution in [1.29, 1.82) is 0 Å². The minimum atomic E-state index is -3.76. The zero-order chi connectivity index (χ0) is 18.9. The molecule has 0 aliphatic carbocycles. The van der Waals surface area contributed by atoms with Gasteiger partial charge in [0.15, 0.2) is 5.76 Å². The van der Waals surface area contributed by atoms with E-state index < -0.39 is 26.7 Å². The second-order valence-electron chi connectivity index (χ2n) is 5.52. The number of piperazine rings is 1. The van der Waals surface area contributed by atoms with Crippen molar-refractivity contribution in [3.05, 3.63) is 57.3 Å². The van der Waals surface area contributed by atoms with Crippen LogP contribution < -0.4 is 0 Å². The Labute approximate surface area is 153 Å². The van der Waals surface area contributed by atoms with Gasteiger partial charge in [-0.15, -0.1) is 0 Å². The van der Waals surface area contributed by atoms with Crippen molar-refractivity contribution < 1.29 is 22.6 Å². The van der Waals surface area contributed by atoms with Gasteiger partial charge < -0.3 is 9.32 Å². The van der Waals surface area contributed by atoms with Gasteiger partial charge in [0.05, 0.1) is 11.1 Å². The fourth-order valence-electron chi connectivity index (χ4n) is 2.62. The molecule has 0 radical (unpaired) electrons. The SMILES string of the molecule is O=C(c1ccc([N+](=O)[O-])o1)N1CCN(S(=O)(=O)c2ccccc2Cl)CC1. The molecule has 9 nitrogen and oxygen atoms in total. The van der Waals surface area contributed by atoms with Gasteiger partial charge in [0, 0.05) is 26.2 Å². The van der Waals surface area contributed by atoms with Crippen LogP contribution in [0, 0.1) is 10.1 Å². The number of carbonyl (C=O) groups excluding carboxylic acids is 1. The van der Waals surface area contributed by atoms with Crippen molar-refractivity contribution in [3.8, 4) is 0 Å². The van der Waals surface area contributed by atoms with Crippen LogP contribution in [0.3, 0.4) is 0 Å². The van der Waals surface area contributed by atoms with Gasteiger partial charge in [0.2, 0.25) is 10.0 Å². The van der Waals surface area contributed by atoms with E-state index in [0.29, 0.717) is 0 Å². The molecule has 138 valence electrons. The number of rotatable bonds is 4. The number of amides is 1. The lowest BCUT2D eigenvalue weighted by Gasteiger charge is -2.33. The van der Waals surface area contributed by atoms with Crippen LogP contribution in [0.25, 0.3) is 0 Å². The Kier molecular flexibility index (Phi) is 4.99. The highest BCUT2D eigenvalue weighted by Crippen LogP contribution is 2.25. The maximum absolute atomic E-state index is 12.7. The number of nitrogens with zero attached hydrogens (tertiary/aromatic N) is 3. The van der Waals surface area contributed by atoms with Crippen molar-refractivity contribution in [2.45, 2.75) is 4.90 Å². The third kappa shape index (κ3) is 3.43. The van der Waals surface area contributed by atoms with E-state index in [1.807, 2.05) is 0 Å². The molecule has 2 heterocycles. The lowest BCUT2D eigenvalue weighted by molar-refractivity contribution is -0.402. The maximum Gasteiger partial charge on any atom is 0.433 e. The number of hydrogen-bond acceptors (Lipinski definition) is 6. The molecule has 1 fully saturated rings. The summed E-state index contributed by atoms with van der Waals surface area (Å²) in [5.74, 6) is -1.19. The molecular formula is C15H14ClN3O6S. The summed E-state index contributed by atoms with van der Waals surface area (Å²) in [7, 11) is -3.76. The van der Waals surface area contributed by atoms with E-state index in [-0.39, 0.29) is 41.9 Å². The fourth-order valence-corrected chi connectivity index (χ4v) is 4.54. The Bertz CT molecular complexity index is 950. The third-order valence-corrected chi connectivity index (χ3v) is 6.36. The van der Waals surface area contributed by atoms with Crippen LogP contribution in [0.4, 0.5) is 5.88 Å². The number of furan rings is 1. The van der Waals surface area contributed by atoms with Crippen molar-refractivity contribution in [2.75, 3.05) is 26.2 Å². The first-order valence-electron chi connectivity index (χ1n) is 7.59. The molecular weight excluding hydrogens is 386 g/mol. The van der Waals surface area contributed by atoms with Crippen molar-refractivity contribution in [2.24, 2.45) is 0 Å². The molecule has 1 amide bonds. The summed E-state index contributed by atoms with van der Waals surface area (Å²) in [5.41, 5.74) is 0. The highest BCUT2D eigenvalue weighted by atomic mass is 35.5. The average molecular weight is 400 g/mol. The molecule has 26 heavy (non-hydrogen) atoms. The van der Waals surface area contributed by atoms with Gasteiger partial charge in [0.1, 0.15) is 9.82 Å². The van der Waals surface area contributed by atoms with Crippen LogP contribution in [0.5, 0.6) is 0 Å². The third-order valence-electron chi connectivity index (χ3n) is 3.96. The number of carbonyl (C=O) groups is 1. The van der Waals surface area contributed by atoms with Gasteiger partial charge in [-0.25, -0.2) is 8.42 Å². The van der Waals surface area contributed by atoms with Crippen LogP contribution in [-0.2, 0) is 10.0 Å². The molecule has 2 aromatic rings. The van der Waals surface area contributed by atoms with Gasteiger partial charge >= 0.3 is 5.88 Å². The van der Waals surface area contributed by atoms with E-state index in [1.54, 1.807) is 12.1 Å². The monoisotopic (exact) mass is 399 g/mol. The number of sulfonamides is 1. The normalized spacial score (nSPS) is 15.8. The second-order valence-corrected chi connectivity index (χ2v) is 7.84. The topological polar surface area (TPSA) is 114 Å². The van der Waals surface area contributed by atoms with E-state index in [2.05, 4.69) is 0 Å². The molecule has 0 atom stereocenters. The Hall–Kier alpha value is -2.43. The van der Waals surface area contributed by atoms with Crippen LogP contribution in [0.1, 0.15) is 10.6 Å². The number of hydrogen-bond donors (Lipinski definition) is 0. The molecule has 3 rings (SSSR count). The van der Waals surface area contributed by atoms with Gasteiger partial charge in [-0.05, 0) is 18.2 Å². The van der Waals surface area contributed by atoms with Crippen molar-refractivity contribution in [3.63, 3.8) is 0 Å². The van der Waals surface area contributed by atoms with E-state index in [4.69, 9.17) is 16.0 Å². The quantitative estimate of drug-likeness (QED) is 0.573. The molecule has 1 aromatic heterocycles. The first-order chi connectivity index (χ1) is 12.3. The van der Waals surface area contributed by atoms with Crippen LogP contribution in [-0.4, -0.2) is 54.6 Å². The summed E-state index contributed by atoms with van der Waals surface area (Å²) in [4.78, 5) is 23.6. The molecule has 0 unspecified atom stereocenters. The maximum atomic E-state index is 12.7. The lowest BCUT2D eigenvalue weighted by Crippen LogP contribution is -2.50. The van der Waals surface area contributed by atoms with Gasteiger partial charge in [0.25, 0.3) is 5.91 Å². The molecule has 0 saturated carbocycles. The summed E-state index contributed by atoms with van der Waals surface area (Å²) in [6.07, 6.45) is 0. The average Bonchev–Trinajstić information content (AvgIpc) is 3.12. The van der Waals surface area contributed by atoms with E-state index in [0.717, 1.165) is 6.07 Å². The molecule has 1 saturated heterocycles. The molecule has 1 aromatic carbocycles. The number of halogens is 1. The Morgan fingerprint density at radius 1 is 1.12 bits per heavy atom. The molecule has 1 aliphatic heterocycles. The zero-order valence-corrected chi connectivity index (χ0v) is 14.9. The van der Waals surface area contributed by atoms with Crippen molar-refractivity contribution in [1.82, 2.24) is 9.21 Å². The first-order valence-corrected chi connectivity index (χ1v) is 9.40. The fraction of sp³-hybridized carbons (Fsp3) is 0.267. The van der Waals surface area contributed by atoms with E-state index in [9.17, 15) is 23.3 Å². The summed E-state index contributed by atoms with van der Waals surface area (Å²) in [6.45, 7) is 0.443. The number of benzene rings is 1. The first kappa shape index (κ1) is 18.4. The molecule has 0 N–H and O–H groups in total. The minimum absolute atomic E-state index is 0.0168. The van der Waals surface area contributed by atoms with E-state index >= 15 is 0 Å². The molecule has 1 aliphatic rings. The Morgan fingerprint density at radius 2 is 1.77 bits per heavy atom. The second kappa shape index (κ2) is 7.06. The lowest BCUT2D eigenvalue weighted by atomic mass is 10.3. The predicted octanol–water partition coefficient (Wildman–Crippen LogP) is 1.99. The van der Waals surface area contributed by atoms with Gasteiger partial charge in [-0.3, -0.25) is 14.9 Å². The molecule has 11 heteroatoms. The summed E-state index contributed by atoms with van der Waals surface area (Å²) in [5, 5.41) is 10.8. The van der Waals surface area contributed by atoms with Crippen molar-refractivity contribution >= 4 is 33.4 Å². The summed E-state index contributed by atoms with van der Waals surface area (Å²) >= 11 is 5.98. The smallest absolute Gasteiger partial charge is 0.395 e. The number of nitro groups is 1. The highest BCUT2D eigenvalue weighted by Gasteiger charge is 2.32. The summed E-state index contributed by atoms with van der Waals surface area (Å²) in [6, 6.07) is 8.48. The largest absolute Gasteiger partial charge is 0.433 e.